The molecule has 5 aliphatic rings. The lowest BCUT2D eigenvalue weighted by molar-refractivity contribution is -0.161. The number of esters is 1. The molecule has 1 aliphatic carbocycles. The molecule has 0 aromatic heterocycles. The molecule has 1 aromatic carbocycles. The summed E-state index contributed by atoms with van der Waals surface area (Å²) in [5.74, 6) is -0.0451. The van der Waals surface area contributed by atoms with Gasteiger partial charge in [-0.3, -0.25) is 9.69 Å². The second kappa shape index (κ2) is 4.27. The number of rotatable bonds is 1. The lowest BCUT2D eigenvalue weighted by atomic mass is 9.49. The molecule has 0 amide bonds. The maximum atomic E-state index is 13.1. The van der Waals surface area contributed by atoms with Crippen LogP contribution in [0, 0.1) is 11.8 Å². The molecule has 3 saturated heterocycles. The van der Waals surface area contributed by atoms with Gasteiger partial charge in [0.1, 0.15) is 6.23 Å². The average molecular weight is 338 g/mol. The van der Waals surface area contributed by atoms with Crippen molar-refractivity contribution < 1.29 is 14.3 Å². The van der Waals surface area contributed by atoms with Crippen molar-refractivity contribution in [1.29, 1.82) is 0 Å². The van der Waals surface area contributed by atoms with Crippen LogP contribution in [0.2, 0.25) is 0 Å². The molecule has 1 spiro atoms. The van der Waals surface area contributed by atoms with Crippen LogP contribution in [0.15, 0.2) is 35.9 Å². The Balaban J connectivity index is 1.67. The second-order valence-corrected chi connectivity index (χ2v) is 8.05. The summed E-state index contributed by atoms with van der Waals surface area (Å²) in [5.41, 5.74) is 2.89. The first kappa shape index (κ1) is 14.3. The molecule has 1 unspecified atom stereocenters. The summed E-state index contributed by atoms with van der Waals surface area (Å²) in [4.78, 5) is 15.6. The molecule has 1 N–H and O–H groups in total. The zero-order chi connectivity index (χ0) is 17.0. The number of piperidine rings is 2. The number of para-hydroxylation sites is 1. The van der Waals surface area contributed by atoms with Gasteiger partial charge in [-0.05, 0) is 30.9 Å². The Hall–Kier alpha value is -1.85. The maximum Gasteiger partial charge on any atom is 0.310 e. The van der Waals surface area contributed by atoms with Gasteiger partial charge in [-0.25, -0.2) is 0 Å². The van der Waals surface area contributed by atoms with Gasteiger partial charge < -0.3 is 14.8 Å². The average Bonchev–Trinajstić information content (AvgIpc) is 3.22. The third-order valence-corrected chi connectivity index (χ3v) is 7.53. The topological polar surface area (TPSA) is 50.8 Å². The molecule has 5 heteroatoms. The van der Waals surface area contributed by atoms with Crippen LogP contribution in [-0.4, -0.2) is 42.5 Å². The third-order valence-electron chi connectivity index (χ3n) is 7.53. The molecular weight excluding hydrogens is 316 g/mol. The van der Waals surface area contributed by atoms with E-state index in [1.165, 1.54) is 18.2 Å². The Kier molecular flexibility index (Phi) is 2.45. The summed E-state index contributed by atoms with van der Waals surface area (Å²) >= 11 is 0. The third kappa shape index (κ3) is 1.30. The SMILES string of the molecule is C/C=C1\CN2[C@@H]3C[C@@]45c6ccccc6N[C@]4(O3)[C@@H]2C[C@@H]1C5C(=O)OC. The number of anilines is 1. The van der Waals surface area contributed by atoms with Crippen LogP contribution in [0.4, 0.5) is 5.69 Å². The van der Waals surface area contributed by atoms with Gasteiger partial charge in [0, 0.05) is 18.7 Å². The fourth-order valence-electron chi connectivity index (χ4n) is 6.75. The van der Waals surface area contributed by atoms with E-state index in [4.69, 9.17) is 9.47 Å². The monoisotopic (exact) mass is 338 g/mol. The van der Waals surface area contributed by atoms with Gasteiger partial charge >= 0.3 is 5.97 Å². The summed E-state index contributed by atoms with van der Waals surface area (Å²) in [6.45, 7) is 2.99. The van der Waals surface area contributed by atoms with E-state index in [0.717, 1.165) is 25.1 Å². The zero-order valence-electron chi connectivity index (χ0n) is 14.5. The molecule has 5 nitrogen and oxygen atoms in total. The van der Waals surface area contributed by atoms with Crippen LogP contribution in [0.3, 0.4) is 0 Å². The van der Waals surface area contributed by atoms with E-state index in [1.54, 1.807) is 0 Å². The number of allylic oxidation sites excluding steroid dienone is 1. The summed E-state index contributed by atoms with van der Waals surface area (Å²) < 4.78 is 12.0. The molecule has 0 radical (unpaired) electrons. The van der Waals surface area contributed by atoms with Crippen molar-refractivity contribution >= 4 is 11.7 Å². The van der Waals surface area contributed by atoms with Crippen molar-refractivity contribution in [1.82, 2.24) is 4.90 Å². The minimum atomic E-state index is -0.490. The molecule has 1 aromatic rings. The number of nitrogens with one attached hydrogen (secondary N) is 1. The molecule has 6 rings (SSSR count). The number of carbonyl (C=O) groups excluding carboxylic acids is 1. The number of carbonyl (C=O) groups is 1. The van der Waals surface area contributed by atoms with E-state index < -0.39 is 5.72 Å². The van der Waals surface area contributed by atoms with Crippen molar-refractivity contribution in [3.05, 3.63) is 41.5 Å². The predicted octanol–water partition coefficient (Wildman–Crippen LogP) is 2.25. The quantitative estimate of drug-likeness (QED) is 0.629. The predicted molar refractivity (Wildman–Crippen MR) is 91.8 cm³/mol. The normalized spacial score (nSPS) is 46.9. The highest BCUT2D eigenvalue weighted by atomic mass is 16.6. The van der Waals surface area contributed by atoms with E-state index in [-0.39, 0.29) is 29.4 Å². The van der Waals surface area contributed by atoms with Crippen molar-refractivity contribution in [3.8, 4) is 0 Å². The van der Waals surface area contributed by atoms with Gasteiger partial charge in [0.15, 0.2) is 5.72 Å². The fraction of sp³-hybridized carbons (Fsp3) is 0.550. The van der Waals surface area contributed by atoms with Crippen LogP contribution >= 0.6 is 0 Å². The van der Waals surface area contributed by atoms with Crippen LogP contribution in [0.1, 0.15) is 25.3 Å². The minimum Gasteiger partial charge on any atom is -0.469 e. The summed E-state index contributed by atoms with van der Waals surface area (Å²) in [6.07, 6.45) is 4.10. The van der Waals surface area contributed by atoms with E-state index >= 15 is 0 Å². The first-order chi connectivity index (χ1) is 12.2. The lowest BCUT2D eigenvalue weighted by Gasteiger charge is -2.60. The summed E-state index contributed by atoms with van der Waals surface area (Å²) in [5, 5.41) is 3.73. The first-order valence-corrected chi connectivity index (χ1v) is 9.20. The standard InChI is InChI=1S/C20H22N2O3/c1-3-11-10-22-15-8-12(11)17(18(23)24-2)19-9-16(22)25-20(15,19)21-14-7-5-4-6-13(14)19/h3-7,12,15-17,21H,8-10H2,1-2H3/b11-3+/t12-,15-,16-,17?,19-,20-/m0/s1. The molecule has 4 fully saturated rings. The van der Waals surface area contributed by atoms with Gasteiger partial charge in [0.05, 0.1) is 24.5 Å². The molecule has 4 heterocycles. The van der Waals surface area contributed by atoms with Crippen LogP contribution in [-0.2, 0) is 19.7 Å². The number of hydrogen-bond acceptors (Lipinski definition) is 5. The number of fused-ring (bicyclic) bond motifs is 4. The van der Waals surface area contributed by atoms with Crippen molar-refractivity contribution in [3.63, 3.8) is 0 Å². The Labute approximate surface area is 147 Å². The number of benzene rings is 1. The molecule has 4 aliphatic heterocycles. The van der Waals surface area contributed by atoms with Crippen molar-refractivity contribution in [2.24, 2.45) is 11.8 Å². The van der Waals surface area contributed by atoms with E-state index in [2.05, 4.69) is 47.5 Å². The maximum absolute atomic E-state index is 13.1. The number of ether oxygens (including phenoxy) is 2. The number of nitrogens with zero attached hydrogens (tertiary/aromatic N) is 1. The van der Waals surface area contributed by atoms with Gasteiger partial charge in [-0.1, -0.05) is 29.8 Å². The van der Waals surface area contributed by atoms with Gasteiger partial charge in [-0.15, -0.1) is 0 Å². The highest BCUT2D eigenvalue weighted by Crippen LogP contribution is 2.72. The lowest BCUT2D eigenvalue weighted by Crippen LogP contribution is -2.73. The van der Waals surface area contributed by atoms with E-state index in [1.807, 2.05) is 0 Å². The number of hydrogen-bond donors (Lipinski definition) is 1. The zero-order valence-corrected chi connectivity index (χ0v) is 14.5. The minimum absolute atomic E-state index is 0.0780. The Morgan fingerprint density at radius 2 is 2.28 bits per heavy atom. The smallest absolute Gasteiger partial charge is 0.310 e. The number of methoxy groups -OCH3 is 1. The fourth-order valence-corrected chi connectivity index (χ4v) is 6.75. The van der Waals surface area contributed by atoms with Crippen LogP contribution < -0.4 is 5.32 Å². The molecular formula is C20H22N2O3. The molecule has 6 atom stereocenters. The first-order valence-electron chi connectivity index (χ1n) is 9.20. The molecule has 4 bridgehead atoms. The van der Waals surface area contributed by atoms with Gasteiger partial charge in [0.2, 0.25) is 0 Å². The van der Waals surface area contributed by atoms with Gasteiger partial charge in [0.25, 0.3) is 0 Å². The molecule has 1 saturated carbocycles. The van der Waals surface area contributed by atoms with Gasteiger partial charge in [-0.2, -0.15) is 0 Å². The summed E-state index contributed by atoms with van der Waals surface area (Å²) in [6, 6.07) is 8.74. The van der Waals surface area contributed by atoms with E-state index in [0.29, 0.717) is 6.04 Å². The van der Waals surface area contributed by atoms with Crippen molar-refractivity contribution in [2.75, 3.05) is 19.0 Å². The highest BCUT2D eigenvalue weighted by Gasteiger charge is 2.82. The second-order valence-electron chi connectivity index (χ2n) is 8.05. The summed E-state index contributed by atoms with van der Waals surface area (Å²) in [7, 11) is 1.52. The molecule has 25 heavy (non-hydrogen) atoms. The largest absolute Gasteiger partial charge is 0.469 e. The van der Waals surface area contributed by atoms with Crippen molar-refractivity contribution in [2.45, 2.75) is 43.2 Å². The Morgan fingerprint density at radius 3 is 3.08 bits per heavy atom. The molecule has 130 valence electrons. The highest BCUT2D eigenvalue weighted by molar-refractivity contribution is 5.81. The Bertz CT molecular complexity index is 836. The van der Waals surface area contributed by atoms with E-state index in [9.17, 15) is 4.79 Å². The van der Waals surface area contributed by atoms with Crippen LogP contribution in [0.5, 0.6) is 0 Å². The Morgan fingerprint density at radius 1 is 1.44 bits per heavy atom. The van der Waals surface area contributed by atoms with Crippen LogP contribution in [0.25, 0.3) is 0 Å².